The summed E-state index contributed by atoms with van der Waals surface area (Å²) in [5, 5.41) is 9.21. The maximum atomic E-state index is 11.2. The van der Waals surface area contributed by atoms with Crippen LogP contribution in [0.4, 0.5) is 11.4 Å². The van der Waals surface area contributed by atoms with E-state index in [1.165, 1.54) is 11.3 Å². The number of nitrogen functional groups attached to an aromatic ring is 1. The van der Waals surface area contributed by atoms with E-state index in [0.29, 0.717) is 22.3 Å². The van der Waals surface area contributed by atoms with Gasteiger partial charge in [-0.3, -0.25) is 0 Å². The van der Waals surface area contributed by atoms with Crippen molar-refractivity contribution >= 4 is 40.3 Å². The molecule has 100 valence electrons. The minimum Gasteiger partial charge on any atom is -0.478 e. The molecule has 2 aromatic rings. The summed E-state index contributed by atoms with van der Waals surface area (Å²) in [6, 6.07) is 8.62. The van der Waals surface area contributed by atoms with E-state index in [2.05, 4.69) is 0 Å². The molecule has 19 heavy (non-hydrogen) atoms. The van der Waals surface area contributed by atoms with Crippen molar-refractivity contribution in [1.29, 1.82) is 0 Å². The summed E-state index contributed by atoms with van der Waals surface area (Å²) in [6.45, 7) is 0.561. The Morgan fingerprint density at radius 3 is 2.74 bits per heavy atom. The first kappa shape index (κ1) is 13.7. The lowest BCUT2D eigenvalue weighted by Gasteiger charge is -2.22. The summed E-state index contributed by atoms with van der Waals surface area (Å²) in [4.78, 5) is 14.1. The average Bonchev–Trinajstić information content (AvgIpc) is 2.74. The Bertz CT molecular complexity index is 612. The van der Waals surface area contributed by atoms with Crippen LogP contribution >= 0.6 is 22.9 Å². The van der Waals surface area contributed by atoms with Crippen molar-refractivity contribution in [2.75, 3.05) is 17.7 Å². The number of carboxylic acids is 1. The van der Waals surface area contributed by atoms with Crippen molar-refractivity contribution < 1.29 is 9.90 Å². The molecule has 0 radical (unpaired) electrons. The summed E-state index contributed by atoms with van der Waals surface area (Å²) < 4.78 is 0.711. The van der Waals surface area contributed by atoms with Crippen molar-refractivity contribution in [1.82, 2.24) is 0 Å². The van der Waals surface area contributed by atoms with Crippen LogP contribution in [0.3, 0.4) is 0 Å². The molecule has 0 spiro atoms. The molecule has 0 atom stereocenters. The van der Waals surface area contributed by atoms with Crippen LogP contribution in [0.1, 0.15) is 15.2 Å². The third kappa shape index (κ3) is 3.00. The van der Waals surface area contributed by atoms with Crippen LogP contribution in [0.25, 0.3) is 0 Å². The van der Waals surface area contributed by atoms with E-state index in [0.717, 1.165) is 4.88 Å². The van der Waals surface area contributed by atoms with Gasteiger partial charge in [0, 0.05) is 11.9 Å². The number of benzene rings is 1. The Kier molecular flexibility index (Phi) is 3.97. The molecular formula is C13H13ClN2O2S. The quantitative estimate of drug-likeness (QED) is 0.849. The molecule has 4 nitrogen and oxygen atoms in total. The molecule has 0 saturated heterocycles. The lowest BCUT2D eigenvalue weighted by Crippen LogP contribution is -2.20. The highest BCUT2D eigenvalue weighted by Gasteiger charge is 2.16. The van der Waals surface area contributed by atoms with Crippen molar-refractivity contribution in [2.24, 2.45) is 0 Å². The molecule has 0 amide bonds. The number of anilines is 2. The number of nitrogens with zero attached hydrogens (tertiary/aromatic N) is 1. The number of hydrogen-bond donors (Lipinski definition) is 2. The van der Waals surface area contributed by atoms with Gasteiger partial charge in [-0.2, -0.15) is 0 Å². The topological polar surface area (TPSA) is 66.6 Å². The first-order chi connectivity index (χ1) is 8.99. The number of carbonyl (C=O) groups is 1. The van der Waals surface area contributed by atoms with Gasteiger partial charge in [0.1, 0.15) is 0 Å². The number of hydrogen-bond acceptors (Lipinski definition) is 4. The van der Waals surface area contributed by atoms with Gasteiger partial charge in [0.15, 0.2) is 0 Å². The van der Waals surface area contributed by atoms with Gasteiger partial charge in [-0.05, 0) is 24.3 Å². The van der Waals surface area contributed by atoms with E-state index in [4.69, 9.17) is 17.3 Å². The van der Waals surface area contributed by atoms with Crippen LogP contribution in [-0.2, 0) is 6.54 Å². The highest BCUT2D eigenvalue weighted by Crippen LogP contribution is 2.30. The zero-order valence-electron chi connectivity index (χ0n) is 10.3. The van der Waals surface area contributed by atoms with Crippen LogP contribution in [0.2, 0.25) is 4.34 Å². The fourth-order valence-corrected chi connectivity index (χ4v) is 3.05. The molecule has 0 aliphatic rings. The fourth-order valence-electron chi connectivity index (χ4n) is 1.91. The second-order valence-electron chi connectivity index (χ2n) is 4.11. The highest BCUT2D eigenvalue weighted by molar-refractivity contribution is 7.16. The average molecular weight is 297 g/mol. The van der Waals surface area contributed by atoms with Gasteiger partial charge in [0.05, 0.1) is 27.8 Å². The summed E-state index contributed by atoms with van der Waals surface area (Å²) >= 11 is 7.35. The van der Waals surface area contributed by atoms with Crippen LogP contribution in [-0.4, -0.2) is 18.1 Å². The van der Waals surface area contributed by atoms with E-state index in [9.17, 15) is 9.90 Å². The molecule has 0 saturated carbocycles. The number of carboxylic acid groups (broad SMARTS) is 1. The molecule has 0 fully saturated rings. The van der Waals surface area contributed by atoms with Crippen LogP contribution < -0.4 is 10.6 Å². The molecule has 0 aliphatic carbocycles. The second kappa shape index (κ2) is 5.50. The predicted octanol–water partition coefficient (Wildman–Crippen LogP) is 3.32. The van der Waals surface area contributed by atoms with Gasteiger partial charge >= 0.3 is 5.97 Å². The zero-order valence-corrected chi connectivity index (χ0v) is 11.8. The van der Waals surface area contributed by atoms with Crippen molar-refractivity contribution in [3.05, 3.63) is 45.1 Å². The number of nitrogens with two attached hydrogens (primary N) is 1. The van der Waals surface area contributed by atoms with E-state index in [1.54, 1.807) is 18.2 Å². The van der Waals surface area contributed by atoms with Gasteiger partial charge < -0.3 is 15.7 Å². The molecule has 1 heterocycles. The summed E-state index contributed by atoms with van der Waals surface area (Å²) in [6.07, 6.45) is 0. The largest absolute Gasteiger partial charge is 0.478 e. The molecule has 1 aromatic carbocycles. The number of aromatic carboxylic acids is 1. The Balaban J connectivity index is 2.32. The van der Waals surface area contributed by atoms with Gasteiger partial charge in [-0.25, -0.2) is 4.79 Å². The molecular weight excluding hydrogens is 284 g/mol. The summed E-state index contributed by atoms with van der Waals surface area (Å²) in [5.74, 6) is -0.988. The summed E-state index contributed by atoms with van der Waals surface area (Å²) in [7, 11) is 1.81. The number of para-hydroxylation sites is 1. The molecule has 3 N–H and O–H groups in total. The first-order valence-electron chi connectivity index (χ1n) is 5.56. The SMILES string of the molecule is CN(Cc1ccc(Cl)s1)c1c(N)cccc1C(=O)O. The predicted molar refractivity (Wildman–Crippen MR) is 79.2 cm³/mol. The van der Waals surface area contributed by atoms with Crippen LogP contribution in [0.15, 0.2) is 30.3 Å². The fraction of sp³-hybridized carbons (Fsp3) is 0.154. The van der Waals surface area contributed by atoms with Crippen LogP contribution in [0, 0.1) is 0 Å². The Morgan fingerprint density at radius 2 is 2.16 bits per heavy atom. The minimum absolute atomic E-state index is 0.199. The number of rotatable bonds is 4. The van der Waals surface area contributed by atoms with Crippen molar-refractivity contribution in [3.8, 4) is 0 Å². The maximum Gasteiger partial charge on any atom is 0.337 e. The number of halogens is 1. The van der Waals surface area contributed by atoms with Crippen LogP contribution in [0.5, 0.6) is 0 Å². The van der Waals surface area contributed by atoms with Crippen molar-refractivity contribution in [3.63, 3.8) is 0 Å². The molecule has 1 aromatic heterocycles. The maximum absolute atomic E-state index is 11.2. The van der Waals surface area contributed by atoms with Gasteiger partial charge in [-0.15, -0.1) is 11.3 Å². The Hall–Kier alpha value is -1.72. The van der Waals surface area contributed by atoms with Gasteiger partial charge in [0.25, 0.3) is 0 Å². The summed E-state index contributed by atoms with van der Waals surface area (Å²) in [5.41, 5.74) is 7.07. The monoisotopic (exact) mass is 296 g/mol. The standard InChI is InChI=1S/C13H13ClN2O2S/c1-16(7-8-5-6-11(14)19-8)12-9(13(17)18)3-2-4-10(12)15/h2-6H,7,15H2,1H3,(H,17,18). The smallest absolute Gasteiger partial charge is 0.337 e. The Labute approximate surface area is 120 Å². The molecule has 0 aliphatic heterocycles. The van der Waals surface area contributed by atoms with Gasteiger partial charge in [-0.1, -0.05) is 17.7 Å². The van der Waals surface area contributed by atoms with Gasteiger partial charge in [0.2, 0.25) is 0 Å². The molecule has 6 heteroatoms. The van der Waals surface area contributed by atoms with E-state index >= 15 is 0 Å². The third-order valence-electron chi connectivity index (χ3n) is 2.70. The normalized spacial score (nSPS) is 10.4. The second-order valence-corrected chi connectivity index (χ2v) is 5.91. The van der Waals surface area contributed by atoms with E-state index in [1.807, 2.05) is 24.1 Å². The zero-order chi connectivity index (χ0) is 14.0. The Morgan fingerprint density at radius 1 is 1.42 bits per heavy atom. The van der Waals surface area contributed by atoms with E-state index in [-0.39, 0.29) is 5.56 Å². The molecule has 2 rings (SSSR count). The number of thiophene rings is 1. The minimum atomic E-state index is -0.988. The first-order valence-corrected chi connectivity index (χ1v) is 6.75. The molecule has 0 bridgehead atoms. The highest BCUT2D eigenvalue weighted by atomic mass is 35.5. The molecule has 0 unspecified atom stereocenters. The lowest BCUT2D eigenvalue weighted by molar-refractivity contribution is 0.0697. The van der Waals surface area contributed by atoms with E-state index < -0.39 is 5.97 Å². The van der Waals surface area contributed by atoms with Crippen molar-refractivity contribution in [2.45, 2.75) is 6.54 Å². The lowest BCUT2D eigenvalue weighted by atomic mass is 10.1. The third-order valence-corrected chi connectivity index (χ3v) is 3.92.